The minimum absolute atomic E-state index is 0.777. The molecule has 2 aromatic heterocycles. The molecule has 0 radical (unpaired) electrons. The fraction of sp³-hybridized carbons (Fsp3) is 0.111. The summed E-state index contributed by atoms with van der Waals surface area (Å²) in [5.74, 6) is 0.919. The van der Waals surface area contributed by atoms with Gasteiger partial charge in [-0.1, -0.05) is 0 Å². The van der Waals surface area contributed by atoms with Gasteiger partial charge in [-0.2, -0.15) is 0 Å². The number of imidazole rings is 1. The summed E-state index contributed by atoms with van der Waals surface area (Å²) < 4.78 is 0. The minimum atomic E-state index is 0.777. The van der Waals surface area contributed by atoms with Crippen LogP contribution in [0.25, 0.3) is 11.3 Å². The van der Waals surface area contributed by atoms with Gasteiger partial charge in [0, 0.05) is 11.8 Å². The molecule has 4 nitrogen and oxygen atoms in total. The van der Waals surface area contributed by atoms with Crippen LogP contribution in [-0.4, -0.2) is 15.0 Å². The van der Waals surface area contributed by atoms with Gasteiger partial charge in [-0.3, -0.25) is 0 Å². The molecular formula is C9H8N4. The van der Waals surface area contributed by atoms with Crippen molar-refractivity contribution in [1.29, 1.82) is 0 Å². The average molecular weight is 172 g/mol. The largest absolute Gasteiger partial charge is 0.364 e. The first-order chi connectivity index (χ1) is 6.45. The Morgan fingerprint density at radius 1 is 1.31 bits per heavy atom. The zero-order chi connectivity index (χ0) is 8.67. The van der Waals surface area contributed by atoms with Crippen molar-refractivity contribution in [2.75, 3.05) is 5.32 Å². The molecule has 0 atom stereocenters. The lowest BCUT2D eigenvalue weighted by Gasteiger charge is -2.15. The van der Waals surface area contributed by atoms with Crippen LogP contribution in [0.4, 0.5) is 5.82 Å². The second kappa shape index (κ2) is 2.32. The average Bonchev–Trinajstić information content (AvgIpc) is 2.65. The van der Waals surface area contributed by atoms with E-state index in [1.54, 1.807) is 12.5 Å². The van der Waals surface area contributed by atoms with Crippen molar-refractivity contribution in [2.24, 2.45) is 0 Å². The van der Waals surface area contributed by atoms with Gasteiger partial charge >= 0.3 is 0 Å². The van der Waals surface area contributed by atoms with E-state index in [9.17, 15) is 0 Å². The van der Waals surface area contributed by atoms with Gasteiger partial charge < -0.3 is 10.3 Å². The maximum absolute atomic E-state index is 4.26. The van der Waals surface area contributed by atoms with E-state index in [2.05, 4.69) is 20.3 Å². The Hall–Kier alpha value is -1.84. The molecule has 0 fully saturated rings. The summed E-state index contributed by atoms with van der Waals surface area (Å²) in [4.78, 5) is 11.6. The predicted molar refractivity (Wildman–Crippen MR) is 49.1 cm³/mol. The SMILES string of the molecule is c1cnc2c(c1)-c1nc[nH]c1CN2. The second-order valence-corrected chi connectivity index (χ2v) is 2.98. The molecular weight excluding hydrogens is 164 g/mol. The number of nitrogens with zero attached hydrogens (tertiary/aromatic N) is 2. The van der Waals surface area contributed by atoms with Crippen LogP contribution in [0.5, 0.6) is 0 Å². The third kappa shape index (κ3) is 0.853. The summed E-state index contributed by atoms with van der Waals surface area (Å²) in [6, 6.07) is 3.94. The van der Waals surface area contributed by atoms with Crippen molar-refractivity contribution in [1.82, 2.24) is 15.0 Å². The van der Waals surface area contributed by atoms with Gasteiger partial charge in [-0.05, 0) is 12.1 Å². The maximum atomic E-state index is 4.26. The van der Waals surface area contributed by atoms with Gasteiger partial charge in [0.2, 0.25) is 0 Å². The fourth-order valence-electron chi connectivity index (χ4n) is 1.60. The summed E-state index contributed by atoms with van der Waals surface area (Å²) in [5.41, 5.74) is 3.22. The summed E-state index contributed by atoms with van der Waals surface area (Å²) in [6.45, 7) is 0.777. The van der Waals surface area contributed by atoms with Crippen molar-refractivity contribution < 1.29 is 0 Å². The second-order valence-electron chi connectivity index (χ2n) is 2.98. The standard InChI is InChI=1S/C9H8N4/c1-2-6-8-7(12-5-13-8)4-11-9(6)10-3-1/h1-3,5H,4H2,(H,10,11)(H,12,13). The third-order valence-corrected chi connectivity index (χ3v) is 2.21. The molecule has 64 valence electrons. The molecule has 4 heteroatoms. The molecule has 3 heterocycles. The van der Waals surface area contributed by atoms with Crippen LogP contribution in [0.3, 0.4) is 0 Å². The molecule has 1 aliphatic heterocycles. The Morgan fingerprint density at radius 2 is 2.31 bits per heavy atom. The number of anilines is 1. The highest BCUT2D eigenvalue weighted by atomic mass is 15.0. The molecule has 0 amide bonds. The van der Waals surface area contributed by atoms with Crippen molar-refractivity contribution in [3.63, 3.8) is 0 Å². The lowest BCUT2D eigenvalue weighted by molar-refractivity contribution is 1.03. The number of hydrogen-bond acceptors (Lipinski definition) is 3. The molecule has 0 aliphatic carbocycles. The Balaban J connectivity index is 2.30. The van der Waals surface area contributed by atoms with Crippen LogP contribution in [0.15, 0.2) is 24.7 Å². The van der Waals surface area contributed by atoms with Crippen LogP contribution < -0.4 is 5.32 Å². The molecule has 0 unspecified atom stereocenters. The van der Waals surface area contributed by atoms with E-state index in [-0.39, 0.29) is 0 Å². The number of fused-ring (bicyclic) bond motifs is 3. The third-order valence-electron chi connectivity index (χ3n) is 2.21. The summed E-state index contributed by atoms with van der Waals surface area (Å²) in [7, 11) is 0. The Morgan fingerprint density at radius 3 is 3.31 bits per heavy atom. The number of rotatable bonds is 0. The number of aromatic amines is 1. The summed E-state index contributed by atoms with van der Waals surface area (Å²) in [6.07, 6.45) is 3.50. The Kier molecular flexibility index (Phi) is 1.19. The number of pyridine rings is 1. The lowest BCUT2D eigenvalue weighted by atomic mass is 10.1. The van der Waals surface area contributed by atoms with E-state index in [1.807, 2.05) is 12.1 Å². The highest BCUT2D eigenvalue weighted by molar-refractivity contribution is 5.76. The van der Waals surface area contributed by atoms with E-state index in [1.165, 1.54) is 0 Å². The molecule has 0 aromatic carbocycles. The van der Waals surface area contributed by atoms with Crippen molar-refractivity contribution in [3.8, 4) is 11.3 Å². The van der Waals surface area contributed by atoms with E-state index < -0.39 is 0 Å². The summed E-state index contributed by atoms with van der Waals surface area (Å²) >= 11 is 0. The predicted octanol–water partition coefficient (Wildman–Crippen LogP) is 1.40. The van der Waals surface area contributed by atoms with Gasteiger partial charge in [0.15, 0.2) is 0 Å². The van der Waals surface area contributed by atoms with Crippen molar-refractivity contribution in [3.05, 3.63) is 30.4 Å². The number of aromatic nitrogens is 3. The molecule has 1 aliphatic rings. The van der Waals surface area contributed by atoms with Crippen LogP contribution in [0, 0.1) is 0 Å². The van der Waals surface area contributed by atoms with Crippen LogP contribution in [0.1, 0.15) is 5.69 Å². The number of nitrogens with one attached hydrogen (secondary N) is 2. The first-order valence-electron chi connectivity index (χ1n) is 4.16. The zero-order valence-electron chi connectivity index (χ0n) is 6.91. The van der Waals surface area contributed by atoms with E-state index in [4.69, 9.17) is 0 Å². The first-order valence-corrected chi connectivity index (χ1v) is 4.16. The van der Waals surface area contributed by atoms with Crippen LogP contribution >= 0.6 is 0 Å². The van der Waals surface area contributed by atoms with Crippen molar-refractivity contribution >= 4 is 5.82 Å². The summed E-state index contributed by atoms with van der Waals surface area (Å²) in [5, 5.41) is 3.22. The van der Waals surface area contributed by atoms with E-state index in [0.29, 0.717) is 0 Å². The quantitative estimate of drug-likeness (QED) is 0.631. The van der Waals surface area contributed by atoms with E-state index in [0.717, 1.165) is 29.3 Å². The molecule has 13 heavy (non-hydrogen) atoms. The highest BCUT2D eigenvalue weighted by Crippen LogP contribution is 2.30. The lowest BCUT2D eigenvalue weighted by Crippen LogP contribution is -2.09. The van der Waals surface area contributed by atoms with Gasteiger partial charge in [-0.25, -0.2) is 9.97 Å². The number of H-pyrrole nitrogens is 1. The Bertz CT molecular complexity index is 446. The van der Waals surface area contributed by atoms with Gasteiger partial charge in [-0.15, -0.1) is 0 Å². The number of hydrogen-bond donors (Lipinski definition) is 2. The Labute approximate surface area is 75.0 Å². The monoisotopic (exact) mass is 172 g/mol. The van der Waals surface area contributed by atoms with Crippen LogP contribution in [0.2, 0.25) is 0 Å². The normalized spacial score (nSPS) is 12.9. The van der Waals surface area contributed by atoms with Gasteiger partial charge in [0.25, 0.3) is 0 Å². The fourth-order valence-corrected chi connectivity index (χ4v) is 1.60. The van der Waals surface area contributed by atoms with E-state index >= 15 is 0 Å². The van der Waals surface area contributed by atoms with Crippen LogP contribution in [-0.2, 0) is 6.54 Å². The molecule has 0 saturated carbocycles. The maximum Gasteiger partial charge on any atom is 0.135 e. The van der Waals surface area contributed by atoms with Crippen molar-refractivity contribution in [2.45, 2.75) is 6.54 Å². The molecule has 0 bridgehead atoms. The van der Waals surface area contributed by atoms with Gasteiger partial charge in [0.1, 0.15) is 5.82 Å². The smallest absolute Gasteiger partial charge is 0.135 e. The molecule has 2 N–H and O–H groups in total. The topological polar surface area (TPSA) is 53.6 Å². The first kappa shape index (κ1) is 6.65. The molecule has 2 aromatic rings. The molecule has 3 rings (SSSR count). The minimum Gasteiger partial charge on any atom is -0.364 e. The van der Waals surface area contributed by atoms with Gasteiger partial charge in [0.05, 0.1) is 24.3 Å². The zero-order valence-corrected chi connectivity index (χ0v) is 6.91. The molecule has 0 saturated heterocycles. The molecule has 0 spiro atoms. The highest BCUT2D eigenvalue weighted by Gasteiger charge is 2.17.